The van der Waals surface area contributed by atoms with Gasteiger partial charge in [-0.3, -0.25) is 0 Å². The third kappa shape index (κ3) is 5.39. The van der Waals surface area contributed by atoms with Crippen LogP contribution in [-0.4, -0.2) is 23.9 Å². The van der Waals surface area contributed by atoms with Crippen LogP contribution in [-0.2, 0) is 10.9 Å². The second kappa shape index (κ2) is 8.37. The van der Waals surface area contributed by atoms with E-state index in [0.29, 0.717) is 5.56 Å². The normalized spacial score (nSPS) is 12.0. The molecule has 0 radical (unpaired) electrons. The molecule has 4 nitrogen and oxygen atoms in total. The Balaban J connectivity index is 2.05. The highest BCUT2D eigenvalue weighted by Gasteiger charge is 2.32. The molecule has 0 amide bonds. The number of hydrogen-bond acceptors (Lipinski definition) is 3. The SMILES string of the molecule is CCOC(=O)c1cc(-c2ccc(C(F)(F)F)cc2)[nH]c1-c1cccc(OC(F)(F)F)c1. The Morgan fingerprint density at radius 2 is 1.61 bits per heavy atom. The summed E-state index contributed by atoms with van der Waals surface area (Å²) in [4.78, 5) is 15.3. The molecule has 2 aromatic carbocycles. The number of ether oxygens (including phenoxy) is 2. The van der Waals surface area contributed by atoms with Crippen molar-refractivity contribution in [2.45, 2.75) is 19.5 Å². The van der Waals surface area contributed by atoms with Gasteiger partial charge in [-0.2, -0.15) is 13.2 Å². The molecule has 0 aliphatic rings. The van der Waals surface area contributed by atoms with Gasteiger partial charge in [-0.15, -0.1) is 13.2 Å². The van der Waals surface area contributed by atoms with Gasteiger partial charge in [0.25, 0.3) is 0 Å². The van der Waals surface area contributed by atoms with Gasteiger partial charge in [-0.1, -0.05) is 24.3 Å². The number of hydrogen-bond donors (Lipinski definition) is 1. The summed E-state index contributed by atoms with van der Waals surface area (Å²) in [5.74, 6) is -1.24. The van der Waals surface area contributed by atoms with E-state index in [2.05, 4.69) is 9.72 Å². The fraction of sp³-hybridized carbons (Fsp3) is 0.190. The summed E-state index contributed by atoms with van der Waals surface area (Å²) in [7, 11) is 0. The first-order valence-electron chi connectivity index (χ1n) is 8.92. The predicted molar refractivity (Wildman–Crippen MR) is 99.3 cm³/mol. The molecule has 1 heterocycles. The summed E-state index contributed by atoms with van der Waals surface area (Å²) >= 11 is 0. The van der Waals surface area contributed by atoms with Crippen LogP contribution in [0, 0.1) is 0 Å². The Labute approximate surface area is 172 Å². The zero-order valence-corrected chi connectivity index (χ0v) is 15.9. The van der Waals surface area contributed by atoms with Crippen LogP contribution in [0.4, 0.5) is 26.3 Å². The average Bonchev–Trinajstić information content (AvgIpc) is 3.12. The van der Waals surface area contributed by atoms with E-state index in [4.69, 9.17) is 4.74 Å². The summed E-state index contributed by atoms with van der Waals surface area (Å²) in [5.41, 5.74) is 0.136. The van der Waals surface area contributed by atoms with Crippen molar-refractivity contribution in [3.8, 4) is 28.3 Å². The lowest BCUT2D eigenvalue weighted by molar-refractivity contribution is -0.274. The molecule has 0 bridgehead atoms. The zero-order chi connectivity index (χ0) is 22.8. The second-order valence-electron chi connectivity index (χ2n) is 6.34. The molecule has 1 N–H and O–H groups in total. The first-order chi connectivity index (χ1) is 14.5. The number of benzene rings is 2. The third-order valence-electron chi connectivity index (χ3n) is 4.19. The summed E-state index contributed by atoms with van der Waals surface area (Å²) in [6.07, 6.45) is -9.40. The minimum atomic E-state index is -4.90. The Morgan fingerprint density at radius 1 is 0.935 bits per heavy atom. The molecule has 0 aliphatic heterocycles. The summed E-state index contributed by atoms with van der Waals surface area (Å²) in [5, 5.41) is 0. The first kappa shape index (κ1) is 22.3. The van der Waals surface area contributed by atoms with Crippen LogP contribution in [0.25, 0.3) is 22.5 Å². The number of aromatic nitrogens is 1. The molecule has 0 saturated heterocycles. The van der Waals surface area contributed by atoms with Gasteiger partial charge in [0, 0.05) is 11.3 Å². The lowest BCUT2D eigenvalue weighted by Crippen LogP contribution is -2.17. The first-order valence-corrected chi connectivity index (χ1v) is 8.92. The van der Waals surface area contributed by atoms with E-state index in [1.54, 1.807) is 6.92 Å². The molecule has 0 atom stereocenters. The highest BCUT2D eigenvalue weighted by Crippen LogP contribution is 2.34. The molecule has 0 unspecified atom stereocenters. The number of nitrogens with one attached hydrogen (secondary N) is 1. The molecule has 0 aliphatic carbocycles. The monoisotopic (exact) mass is 443 g/mol. The van der Waals surface area contributed by atoms with Crippen LogP contribution in [0.3, 0.4) is 0 Å². The van der Waals surface area contributed by atoms with Gasteiger partial charge in [0.1, 0.15) is 5.75 Å². The molecular formula is C21H15F6NO3. The smallest absolute Gasteiger partial charge is 0.462 e. The van der Waals surface area contributed by atoms with Crippen molar-refractivity contribution >= 4 is 5.97 Å². The van der Waals surface area contributed by atoms with Gasteiger partial charge in [0.2, 0.25) is 0 Å². The van der Waals surface area contributed by atoms with Crippen LogP contribution < -0.4 is 4.74 Å². The van der Waals surface area contributed by atoms with Crippen LogP contribution in [0.15, 0.2) is 54.6 Å². The molecule has 164 valence electrons. The minimum absolute atomic E-state index is 0.0147. The van der Waals surface area contributed by atoms with E-state index in [0.717, 1.165) is 24.3 Å². The van der Waals surface area contributed by atoms with Gasteiger partial charge >= 0.3 is 18.5 Å². The minimum Gasteiger partial charge on any atom is -0.462 e. The lowest BCUT2D eigenvalue weighted by Gasteiger charge is -2.10. The predicted octanol–water partition coefficient (Wildman–Crippen LogP) is 6.44. The van der Waals surface area contributed by atoms with E-state index in [-0.39, 0.29) is 29.1 Å². The van der Waals surface area contributed by atoms with Crippen molar-refractivity contribution in [3.05, 3.63) is 65.7 Å². The number of carbonyl (C=O) groups excluding carboxylic acids is 1. The largest absolute Gasteiger partial charge is 0.573 e. The second-order valence-corrected chi connectivity index (χ2v) is 6.34. The van der Waals surface area contributed by atoms with Gasteiger partial charge in [0.15, 0.2) is 0 Å². The standard InChI is InChI=1S/C21H15F6NO3/c1-2-30-19(29)16-11-17(12-6-8-14(9-7-12)20(22,23)24)28-18(16)13-4-3-5-15(10-13)31-21(25,26)27/h3-11,28H,2H2,1H3. The Hall–Kier alpha value is -3.43. The third-order valence-corrected chi connectivity index (χ3v) is 4.19. The maximum atomic E-state index is 12.8. The molecule has 0 saturated carbocycles. The van der Waals surface area contributed by atoms with Crippen molar-refractivity contribution in [1.82, 2.24) is 4.98 Å². The van der Waals surface area contributed by atoms with Crippen LogP contribution >= 0.6 is 0 Å². The summed E-state index contributed by atoms with van der Waals surface area (Å²) < 4.78 is 84.9. The van der Waals surface area contributed by atoms with E-state index >= 15 is 0 Å². The van der Waals surface area contributed by atoms with E-state index in [9.17, 15) is 31.1 Å². The molecule has 31 heavy (non-hydrogen) atoms. The van der Waals surface area contributed by atoms with Gasteiger partial charge in [-0.05, 0) is 42.8 Å². The van der Waals surface area contributed by atoms with Crippen molar-refractivity contribution in [3.63, 3.8) is 0 Å². The fourth-order valence-corrected chi connectivity index (χ4v) is 2.90. The van der Waals surface area contributed by atoms with E-state index in [1.807, 2.05) is 0 Å². The highest BCUT2D eigenvalue weighted by atomic mass is 19.4. The average molecular weight is 443 g/mol. The van der Waals surface area contributed by atoms with Crippen LogP contribution in [0.5, 0.6) is 5.75 Å². The molecule has 3 aromatic rings. The number of esters is 1. The molecule has 10 heteroatoms. The number of halogens is 6. The van der Waals surface area contributed by atoms with Crippen molar-refractivity contribution in [2.75, 3.05) is 6.61 Å². The number of carbonyl (C=O) groups is 1. The Kier molecular flexibility index (Phi) is 6.01. The maximum absolute atomic E-state index is 12.8. The fourth-order valence-electron chi connectivity index (χ4n) is 2.90. The molecule has 0 fully saturated rings. The lowest BCUT2D eigenvalue weighted by atomic mass is 10.1. The molecule has 0 spiro atoms. The Bertz CT molecular complexity index is 1070. The molecule has 1 aromatic heterocycles. The number of aromatic amines is 1. The van der Waals surface area contributed by atoms with Crippen molar-refractivity contribution in [2.24, 2.45) is 0 Å². The summed E-state index contributed by atoms with van der Waals surface area (Å²) in [6.45, 7) is 1.63. The van der Waals surface area contributed by atoms with Gasteiger partial charge in [0.05, 0.1) is 23.4 Å². The topological polar surface area (TPSA) is 51.3 Å². The summed E-state index contributed by atoms with van der Waals surface area (Å²) in [6, 6.07) is 10.5. The van der Waals surface area contributed by atoms with E-state index < -0.39 is 29.8 Å². The maximum Gasteiger partial charge on any atom is 0.573 e. The Morgan fingerprint density at radius 3 is 2.19 bits per heavy atom. The number of H-pyrrole nitrogens is 1. The number of alkyl halides is 6. The number of rotatable bonds is 5. The van der Waals surface area contributed by atoms with Crippen LogP contribution in [0.1, 0.15) is 22.8 Å². The van der Waals surface area contributed by atoms with Crippen LogP contribution in [0.2, 0.25) is 0 Å². The quantitative estimate of drug-likeness (QED) is 0.365. The zero-order valence-electron chi connectivity index (χ0n) is 15.9. The van der Waals surface area contributed by atoms with Crippen molar-refractivity contribution < 1.29 is 40.6 Å². The molecule has 3 rings (SSSR count). The molecular weight excluding hydrogens is 428 g/mol. The van der Waals surface area contributed by atoms with Gasteiger partial charge < -0.3 is 14.5 Å². The van der Waals surface area contributed by atoms with Crippen molar-refractivity contribution in [1.29, 1.82) is 0 Å². The highest BCUT2D eigenvalue weighted by molar-refractivity contribution is 5.98. The van der Waals surface area contributed by atoms with E-state index in [1.165, 1.54) is 30.3 Å². The van der Waals surface area contributed by atoms with Gasteiger partial charge in [-0.25, -0.2) is 4.79 Å².